The summed E-state index contributed by atoms with van der Waals surface area (Å²) in [5.74, 6) is 2.53. The normalized spacial score (nSPS) is 44.0. The highest BCUT2D eigenvalue weighted by atomic mass is 15.3. The van der Waals surface area contributed by atoms with E-state index < -0.39 is 0 Å². The summed E-state index contributed by atoms with van der Waals surface area (Å²) in [6, 6.07) is 13.4. The van der Waals surface area contributed by atoms with Crippen LogP contribution >= 0.6 is 0 Å². The van der Waals surface area contributed by atoms with Gasteiger partial charge in [0.05, 0.1) is 0 Å². The largest absolute Gasteiger partial charge is 0.328 e. The molecule has 0 spiro atoms. The highest BCUT2D eigenvalue weighted by Crippen LogP contribution is 2.47. The third kappa shape index (κ3) is 2.94. The van der Waals surface area contributed by atoms with Gasteiger partial charge in [-0.2, -0.15) is 0 Å². The molecule has 1 saturated carbocycles. The molecule has 0 amide bonds. The molecule has 5 aliphatic rings. The van der Waals surface area contributed by atoms with E-state index in [1.54, 1.807) is 5.56 Å². The smallest absolute Gasteiger partial charge is 0.0335 e. The molecule has 0 aromatic heterocycles. The molecule has 3 heteroatoms. The van der Waals surface area contributed by atoms with Crippen LogP contribution < -0.4 is 5.73 Å². The Kier molecular flexibility index (Phi) is 4.35. The van der Waals surface area contributed by atoms with Gasteiger partial charge in [-0.1, -0.05) is 30.3 Å². The molecule has 4 saturated heterocycles. The number of nitrogens with two attached hydrogens (primary N) is 1. The first-order valence-electron chi connectivity index (χ1n) is 10.6. The lowest BCUT2D eigenvalue weighted by Gasteiger charge is -2.51. The summed E-state index contributed by atoms with van der Waals surface area (Å²) in [5, 5.41) is 0. The fourth-order valence-electron chi connectivity index (χ4n) is 6.44. The van der Waals surface area contributed by atoms with E-state index in [2.05, 4.69) is 40.1 Å². The van der Waals surface area contributed by atoms with Crippen LogP contribution in [0, 0.1) is 11.8 Å². The average molecular weight is 340 g/mol. The van der Waals surface area contributed by atoms with Crippen molar-refractivity contribution in [1.82, 2.24) is 9.80 Å². The van der Waals surface area contributed by atoms with E-state index in [1.165, 1.54) is 64.7 Å². The summed E-state index contributed by atoms with van der Waals surface area (Å²) >= 11 is 0. The monoisotopic (exact) mass is 339 g/mol. The zero-order chi connectivity index (χ0) is 16.8. The van der Waals surface area contributed by atoms with Crippen LogP contribution in [0.25, 0.3) is 0 Å². The van der Waals surface area contributed by atoms with Gasteiger partial charge in [-0.05, 0) is 69.0 Å². The molecule has 25 heavy (non-hydrogen) atoms. The van der Waals surface area contributed by atoms with Crippen LogP contribution in [0.4, 0.5) is 0 Å². The maximum absolute atomic E-state index is 6.14. The molecule has 5 fully saturated rings. The molecule has 6 rings (SSSR count). The molecule has 1 aliphatic carbocycles. The van der Waals surface area contributed by atoms with E-state index in [4.69, 9.17) is 5.73 Å². The lowest BCUT2D eigenvalue weighted by atomic mass is 9.75. The SMILES string of the molecule is NC1CCC(CN2C[C@H](c3ccccc3)[C@@H]3[C@H]2C2CCN3CC2)CC1. The van der Waals surface area contributed by atoms with E-state index >= 15 is 0 Å². The first-order valence-corrected chi connectivity index (χ1v) is 10.6. The fraction of sp³-hybridized carbons (Fsp3) is 0.727. The second kappa shape index (κ2) is 6.68. The summed E-state index contributed by atoms with van der Waals surface area (Å²) in [5.41, 5.74) is 7.71. The van der Waals surface area contributed by atoms with Crippen LogP contribution in [0.1, 0.15) is 50.0 Å². The number of rotatable bonds is 3. The second-order valence-corrected chi connectivity index (χ2v) is 9.11. The van der Waals surface area contributed by atoms with E-state index in [0.717, 1.165) is 23.9 Å². The minimum Gasteiger partial charge on any atom is -0.328 e. The Labute approximate surface area is 152 Å². The lowest BCUT2D eigenvalue weighted by molar-refractivity contribution is -0.0117. The van der Waals surface area contributed by atoms with Crippen molar-refractivity contribution in [2.75, 3.05) is 26.2 Å². The Hall–Kier alpha value is -0.900. The summed E-state index contributed by atoms with van der Waals surface area (Å²) in [7, 11) is 0. The summed E-state index contributed by atoms with van der Waals surface area (Å²) in [6.07, 6.45) is 8.02. The van der Waals surface area contributed by atoms with Gasteiger partial charge in [0.2, 0.25) is 0 Å². The van der Waals surface area contributed by atoms with Crippen molar-refractivity contribution in [2.24, 2.45) is 17.6 Å². The molecular formula is C22H33N3. The zero-order valence-electron chi connectivity index (χ0n) is 15.4. The predicted octanol–water partition coefficient (Wildman–Crippen LogP) is 3.07. The molecule has 3 nitrogen and oxygen atoms in total. The molecule has 136 valence electrons. The molecule has 3 atom stereocenters. The summed E-state index contributed by atoms with van der Waals surface area (Å²) < 4.78 is 0. The van der Waals surface area contributed by atoms with Gasteiger partial charge in [0.25, 0.3) is 0 Å². The first-order chi connectivity index (χ1) is 12.3. The standard InChI is InChI=1S/C22H33N3/c23-19-8-6-16(7-9-19)14-25-15-20(17-4-2-1-3-5-17)22-21(25)18-10-12-24(22)13-11-18/h1-5,16,18-22H,6-15,23H2/t16?,19?,20-,21-,22-/m1/s1. The lowest BCUT2D eigenvalue weighted by Crippen LogP contribution is -2.60. The van der Waals surface area contributed by atoms with Crippen LogP contribution in [0.15, 0.2) is 30.3 Å². The Morgan fingerprint density at radius 2 is 1.60 bits per heavy atom. The molecule has 2 bridgehead atoms. The molecule has 4 heterocycles. The average Bonchev–Trinajstić information content (AvgIpc) is 3.07. The Morgan fingerprint density at radius 1 is 0.880 bits per heavy atom. The van der Waals surface area contributed by atoms with E-state index in [-0.39, 0.29) is 0 Å². The summed E-state index contributed by atoms with van der Waals surface area (Å²) in [4.78, 5) is 5.75. The van der Waals surface area contributed by atoms with E-state index in [0.29, 0.717) is 12.0 Å². The summed E-state index contributed by atoms with van der Waals surface area (Å²) in [6.45, 7) is 5.26. The van der Waals surface area contributed by atoms with Crippen molar-refractivity contribution in [1.29, 1.82) is 0 Å². The van der Waals surface area contributed by atoms with Gasteiger partial charge >= 0.3 is 0 Å². The van der Waals surface area contributed by atoms with Gasteiger partial charge in [-0.3, -0.25) is 9.80 Å². The molecule has 0 unspecified atom stereocenters. The molecule has 4 aliphatic heterocycles. The Bertz CT molecular complexity index is 572. The third-order valence-corrected chi connectivity index (χ3v) is 7.71. The second-order valence-electron chi connectivity index (χ2n) is 9.11. The third-order valence-electron chi connectivity index (χ3n) is 7.71. The van der Waals surface area contributed by atoms with Gasteiger partial charge in [0.15, 0.2) is 0 Å². The Balaban J connectivity index is 1.38. The highest BCUT2D eigenvalue weighted by molar-refractivity contribution is 5.27. The zero-order valence-corrected chi connectivity index (χ0v) is 15.4. The van der Waals surface area contributed by atoms with Crippen molar-refractivity contribution in [3.8, 4) is 0 Å². The van der Waals surface area contributed by atoms with Crippen LogP contribution in [0.3, 0.4) is 0 Å². The van der Waals surface area contributed by atoms with Crippen molar-refractivity contribution in [3.63, 3.8) is 0 Å². The first kappa shape index (κ1) is 16.3. The highest BCUT2D eigenvalue weighted by Gasteiger charge is 2.53. The van der Waals surface area contributed by atoms with Crippen molar-refractivity contribution >= 4 is 0 Å². The molecular weight excluding hydrogens is 306 g/mol. The minimum atomic E-state index is 0.469. The number of hydrogen-bond donors (Lipinski definition) is 1. The van der Waals surface area contributed by atoms with E-state index in [9.17, 15) is 0 Å². The van der Waals surface area contributed by atoms with Gasteiger partial charge in [0.1, 0.15) is 0 Å². The van der Waals surface area contributed by atoms with Gasteiger partial charge in [-0.25, -0.2) is 0 Å². The van der Waals surface area contributed by atoms with Crippen molar-refractivity contribution < 1.29 is 0 Å². The molecule has 1 aromatic rings. The maximum Gasteiger partial charge on any atom is 0.0335 e. The van der Waals surface area contributed by atoms with Crippen molar-refractivity contribution in [3.05, 3.63) is 35.9 Å². The van der Waals surface area contributed by atoms with Gasteiger partial charge < -0.3 is 5.73 Å². The Morgan fingerprint density at radius 3 is 2.32 bits per heavy atom. The predicted molar refractivity (Wildman–Crippen MR) is 103 cm³/mol. The minimum absolute atomic E-state index is 0.469. The maximum atomic E-state index is 6.14. The van der Waals surface area contributed by atoms with E-state index in [1.807, 2.05) is 0 Å². The number of likely N-dealkylation sites (tertiary alicyclic amines) is 1. The molecule has 2 N–H and O–H groups in total. The number of benzene rings is 1. The number of nitrogens with zero attached hydrogens (tertiary/aromatic N) is 2. The van der Waals surface area contributed by atoms with Gasteiger partial charge in [-0.15, -0.1) is 0 Å². The number of fused-ring (bicyclic) bond motifs is 2. The van der Waals surface area contributed by atoms with Crippen LogP contribution in [-0.2, 0) is 0 Å². The topological polar surface area (TPSA) is 32.5 Å². The van der Waals surface area contributed by atoms with Crippen LogP contribution in [-0.4, -0.2) is 54.1 Å². The molecule has 1 aromatic carbocycles. The fourth-order valence-corrected chi connectivity index (χ4v) is 6.44. The van der Waals surface area contributed by atoms with Gasteiger partial charge in [0, 0.05) is 37.1 Å². The van der Waals surface area contributed by atoms with Crippen molar-refractivity contribution in [2.45, 2.75) is 62.6 Å². The number of piperidine rings is 3. The van der Waals surface area contributed by atoms with Crippen LogP contribution in [0.2, 0.25) is 0 Å². The number of hydrogen-bond acceptors (Lipinski definition) is 3. The van der Waals surface area contributed by atoms with Crippen LogP contribution in [0.5, 0.6) is 0 Å². The molecule has 0 radical (unpaired) electrons. The quantitative estimate of drug-likeness (QED) is 0.919.